The third kappa shape index (κ3) is 4.81. The summed E-state index contributed by atoms with van der Waals surface area (Å²) in [7, 11) is 0. The maximum atomic E-state index is 12.2. The fourth-order valence-electron chi connectivity index (χ4n) is 2.17. The van der Waals surface area contributed by atoms with E-state index in [0.717, 1.165) is 16.7 Å². The Morgan fingerprint density at radius 2 is 1.78 bits per heavy atom. The topological polar surface area (TPSA) is 63.6 Å². The van der Waals surface area contributed by atoms with E-state index >= 15 is 0 Å². The first-order valence-electron chi connectivity index (χ1n) is 7.20. The van der Waals surface area contributed by atoms with E-state index in [0.29, 0.717) is 11.3 Å². The van der Waals surface area contributed by atoms with Crippen LogP contribution < -0.4 is 4.74 Å². The minimum absolute atomic E-state index is 0.0475. The van der Waals surface area contributed by atoms with Gasteiger partial charge in [0.05, 0.1) is 0 Å². The van der Waals surface area contributed by atoms with E-state index in [4.69, 9.17) is 9.84 Å². The van der Waals surface area contributed by atoms with Crippen LogP contribution in [0.15, 0.2) is 48.5 Å². The second kappa shape index (κ2) is 7.40. The van der Waals surface area contributed by atoms with Crippen molar-refractivity contribution in [2.45, 2.75) is 13.8 Å². The van der Waals surface area contributed by atoms with E-state index in [1.54, 1.807) is 30.3 Å². The van der Waals surface area contributed by atoms with Gasteiger partial charge in [-0.15, -0.1) is 0 Å². The number of carbonyl (C=O) groups excluding carboxylic acids is 1. The van der Waals surface area contributed by atoms with E-state index in [9.17, 15) is 9.59 Å². The summed E-state index contributed by atoms with van der Waals surface area (Å²) in [5, 5.41) is 8.55. The second-order valence-electron chi connectivity index (χ2n) is 5.27. The van der Waals surface area contributed by atoms with Gasteiger partial charge in [0, 0.05) is 5.56 Å². The number of hydrogen-bond acceptors (Lipinski definition) is 3. The molecule has 118 valence electrons. The van der Waals surface area contributed by atoms with Crippen LogP contribution in [0.2, 0.25) is 0 Å². The van der Waals surface area contributed by atoms with Crippen LogP contribution in [-0.4, -0.2) is 23.5 Å². The average molecular weight is 310 g/mol. The molecule has 4 heteroatoms. The Bertz CT molecular complexity index is 742. The van der Waals surface area contributed by atoms with Crippen molar-refractivity contribution in [1.29, 1.82) is 0 Å². The monoisotopic (exact) mass is 310 g/mol. The molecule has 0 amide bonds. The molecule has 2 aromatic carbocycles. The highest BCUT2D eigenvalue weighted by Gasteiger charge is 2.05. The Labute approximate surface area is 135 Å². The third-order valence-electron chi connectivity index (χ3n) is 3.32. The van der Waals surface area contributed by atoms with E-state index in [1.165, 1.54) is 6.08 Å². The lowest BCUT2D eigenvalue weighted by Crippen LogP contribution is -2.09. The van der Waals surface area contributed by atoms with E-state index < -0.39 is 5.97 Å². The highest BCUT2D eigenvalue weighted by Crippen LogP contribution is 2.15. The Balaban J connectivity index is 2.04. The summed E-state index contributed by atoms with van der Waals surface area (Å²) < 4.78 is 5.05. The summed E-state index contributed by atoms with van der Waals surface area (Å²) in [6.07, 6.45) is 3.26. The molecule has 0 heterocycles. The number of carbonyl (C=O) groups is 2. The summed E-state index contributed by atoms with van der Waals surface area (Å²) in [4.78, 5) is 22.6. The third-order valence-corrected chi connectivity index (χ3v) is 3.32. The van der Waals surface area contributed by atoms with Gasteiger partial charge in [-0.2, -0.15) is 0 Å². The molecule has 0 atom stereocenters. The fourth-order valence-corrected chi connectivity index (χ4v) is 2.17. The number of hydrogen-bond donors (Lipinski definition) is 1. The molecule has 2 rings (SSSR count). The molecule has 0 aliphatic heterocycles. The van der Waals surface area contributed by atoms with Crippen LogP contribution in [0.1, 0.15) is 27.0 Å². The van der Waals surface area contributed by atoms with Crippen LogP contribution in [0.5, 0.6) is 5.75 Å². The van der Waals surface area contributed by atoms with Gasteiger partial charge < -0.3 is 9.84 Å². The van der Waals surface area contributed by atoms with Gasteiger partial charge >= 0.3 is 5.97 Å². The number of ether oxygens (including phenoxy) is 1. The Hall–Kier alpha value is -2.88. The van der Waals surface area contributed by atoms with Crippen molar-refractivity contribution in [3.8, 4) is 5.75 Å². The molecule has 0 fully saturated rings. The first kappa shape index (κ1) is 16.5. The second-order valence-corrected chi connectivity index (χ2v) is 5.27. The molecule has 1 N–H and O–H groups in total. The Kier molecular flexibility index (Phi) is 5.31. The molecule has 2 aromatic rings. The minimum atomic E-state index is -1.02. The number of carboxylic acid groups (broad SMARTS) is 1. The lowest BCUT2D eigenvalue weighted by Gasteiger charge is -2.04. The Morgan fingerprint density at radius 3 is 2.39 bits per heavy atom. The van der Waals surface area contributed by atoms with Crippen molar-refractivity contribution in [3.05, 3.63) is 70.8 Å². The van der Waals surface area contributed by atoms with Crippen LogP contribution in [0.25, 0.3) is 6.08 Å². The number of ketones is 1. The first-order valence-corrected chi connectivity index (χ1v) is 7.20. The number of aliphatic carboxylic acids is 1. The molecular formula is C19H18O4. The zero-order valence-corrected chi connectivity index (χ0v) is 13.1. The number of allylic oxidation sites excluding steroid dienone is 1. The zero-order valence-electron chi connectivity index (χ0n) is 13.1. The van der Waals surface area contributed by atoms with Crippen LogP contribution in [0.4, 0.5) is 0 Å². The molecule has 0 bridgehead atoms. The molecule has 0 aromatic heterocycles. The van der Waals surface area contributed by atoms with Gasteiger partial charge in [0.25, 0.3) is 0 Å². The lowest BCUT2D eigenvalue weighted by molar-refractivity contribution is -0.139. The molecule has 0 unspecified atom stereocenters. The normalized spacial score (nSPS) is 10.7. The highest BCUT2D eigenvalue weighted by atomic mass is 16.5. The molecule has 0 radical (unpaired) electrons. The van der Waals surface area contributed by atoms with Gasteiger partial charge in [-0.1, -0.05) is 42.0 Å². The predicted molar refractivity (Wildman–Crippen MR) is 88.9 cm³/mol. The summed E-state index contributed by atoms with van der Waals surface area (Å²) >= 11 is 0. The Morgan fingerprint density at radius 1 is 1.09 bits per heavy atom. The zero-order chi connectivity index (χ0) is 16.8. The van der Waals surface area contributed by atoms with Crippen molar-refractivity contribution >= 4 is 17.8 Å². The van der Waals surface area contributed by atoms with E-state index in [2.05, 4.69) is 0 Å². The number of aryl methyl sites for hydroxylation is 2. The minimum Gasteiger partial charge on any atom is -0.482 e. The predicted octanol–water partition coefficient (Wildman–Crippen LogP) is 3.66. The van der Waals surface area contributed by atoms with Crippen molar-refractivity contribution in [2.24, 2.45) is 0 Å². The van der Waals surface area contributed by atoms with Crippen molar-refractivity contribution in [2.75, 3.05) is 6.61 Å². The molecule has 0 aliphatic rings. The molecule has 0 spiro atoms. The quantitative estimate of drug-likeness (QED) is 0.653. The SMILES string of the molecule is Cc1ccc(C(=O)/C=C/c2ccc(OCC(=O)O)cc2)c(C)c1. The van der Waals surface area contributed by atoms with Crippen LogP contribution in [0, 0.1) is 13.8 Å². The molecular weight excluding hydrogens is 292 g/mol. The van der Waals surface area contributed by atoms with Gasteiger partial charge in [-0.3, -0.25) is 4.79 Å². The van der Waals surface area contributed by atoms with Gasteiger partial charge in [-0.05, 0) is 43.2 Å². The molecule has 0 saturated heterocycles. The number of benzene rings is 2. The molecule has 23 heavy (non-hydrogen) atoms. The van der Waals surface area contributed by atoms with Crippen molar-refractivity contribution in [3.63, 3.8) is 0 Å². The van der Waals surface area contributed by atoms with Gasteiger partial charge in [0.15, 0.2) is 12.4 Å². The van der Waals surface area contributed by atoms with Crippen LogP contribution in [0.3, 0.4) is 0 Å². The number of rotatable bonds is 6. The summed E-state index contributed by atoms with van der Waals surface area (Å²) in [6.45, 7) is 3.54. The molecule has 0 saturated carbocycles. The lowest BCUT2D eigenvalue weighted by atomic mass is 10.0. The highest BCUT2D eigenvalue weighted by molar-refractivity contribution is 6.07. The smallest absolute Gasteiger partial charge is 0.341 e. The maximum Gasteiger partial charge on any atom is 0.341 e. The summed E-state index contributed by atoms with van der Waals surface area (Å²) in [5.41, 5.74) is 3.61. The van der Waals surface area contributed by atoms with E-state index in [1.807, 2.05) is 32.0 Å². The summed E-state index contributed by atoms with van der Waals surface area (Å²) in [6, 6.07) is 12.6. The largest absolute Gasteiger partial charge is 0.482 e. The average Bonchev–Trinajstić information content (AvgIpc) is 2.51. The van der Waals surface area contributed by atoms with Gasteiger partial charge in [-0.25, -0.2) is 4.79 Å². The van der Waals surface area contributed by atoms with Crippen molar-refractivity contribution < 1.29 is 19.4 Å². The van der Waals surface area contributed by atoms with Gasteiger partial charge in [0.1, 0.15) is 5.75 Å². The van der Waals surface area contributed by atoms with Crippen LogP contribution in [-0.2, 0) is 4.79 Å². The first-order chi connectivity index (χ1) is 11.0. The standard InChI is InChI=1S/C19H18O4/c1-13-3-9-17(14(2)11-13)18(20)10-6-15-4-7-16(8-5-15)23-12-19(21)22/h3-11H,12H2,1-2H3,(H,21,22)/b10-6+. The molecule has 0 aliphatic carbocycles. The van der Waals surface area contributed by atoms with Crippen LogP contribution >= 0.6 is 0 Å². The molecule has 4 nitrogen and oxygen atoms in total. The van der Waals surface area contributed by atoms with E-state index in [-0.39, 0.29) is 12.4 Å². The van der Waals surface area contributed by atoms with Gasteiger partial charge in [0.2, 0.25) is 0 Å². The fraction of sp³-hybridized carbons (Fsp3) is 0.158. The number of carboxylic acids is 1. The maximum absolute atomic E-state index is 12.2. The summed E-state index contributed by atoms with van der Waals surface area (Å²) in [5.74, 6) is -0.591. The van der Waals surface area contributed by atoms with Crippen molar-refractivity contribution in [1.82, 2.24) is 0 Å².